The number of carbonyl (C=O) groups excluding carboxylic acids is 2. The van der Waals surface area contributed by atoms with Gasteiger partial charge in [-0.2, -0.15) is 0 Å². The first kappa shape index (κ1) is 21.5. The summed E-state index contributed by atoms with van der Waals surface area (Å²) in [6, 6.07) is 22.3. The Morgan fingerprint density at radius 1 is 0.818 bits per heavy atom. The van der Waals surface area contributed by atoms with Crippen LogP contribution >= 0.6 is 0 Å². The van der Waals surface area contributed by atoms with Crippen molar-refractivity contribution in [3.63, 3.8) is 0 Å². The molecule has 0 atom stereocenters. The molecule has 2 aliphatic heterocycles. The van der Waals surface area contributed by atoms with Crippen LogP contribution in [0.5, 0.6) is 0 Å². The Balaban J connectivity index is 1.18. The van der Waals surface area contributed by atoms with Crippen molar-refractivity contribution in [3.8, 4) is 0 Å². The van der Waals surface area contributed by atoms with Gasteiger partial charge in [0.25, 0.3) is 5.91 Å². The van der Waals surface area contributed by atoms with E-state index in [2.05, 4.69) is 28.4 Å². The third-order valence-electron chi connectivity index (χ3n) is 7.06. The van der Waals surface area contributed by atoms with Gasteiger partial charge in [-0.15, -0.1) is 0 Å². The van der Waals surface area contributed by atoms with Gasteiger partial charge in [-0.3, -0.25) is 9.59 Å². The number of piperidine rings is 1. The topological polar surface area (TPSA) is 52.7 Å². The Bertz CT molecular complexity index is 1140. The van der Waals surface area contributed by atoms with Gasteiger partial charge in [0.05, 0.1) is 0 Å². The monoisotopic (exact) mass is 441 g/mol. The van der Waals surface area contributed by atoms with Gasteiger partial charge in [-0.05, 0) is 54.2 Å². The zero-order chi connectivity index (χ0) is 22.6. The van der Waals surface area contributed by atoms with Crippen molar-refractivity contribution in [2.45, 2.75) is 32.2 Å². The SMILES string of the molecule is O=C(NCc1ccccc1N1CCCC1)C1CCN(C(=O)c2cccc3ccccc23)CC1. The summed E-state index contributed by atoms with van der Waals surface area (Å²) in [7, 11) is 0. The van der Waals surface area contributed by atoms with Gasteiger partial charge in [0, 0.05) is 49.9 Å². The fourth-order valence-electron chi connectivity index (χ4n) is 5.18. The molecule has 0 unspecified atom stereocenters. The van der Waals surface area contributed by atoms with Gasteiger partial charge in [0.1, 0.15) is 0 Å². The minimum Gasteiger partial charge on any atom is -0.371 e. The summed E-state index contributed by atoms with van der Waals surface area (Å²) in [5.74, 6) is 0.120. The second-order valence-electron chi connectivity index (χ2n) is 9.13. The molecule has 0 spiro atoms. The molecular weight excluding hydrogens is 410 g/mol. The summed E-state index contributed by atoms with van der Waals surface area (Å²) in [6.07, 6.45) is 3.87. The number of fused-ring (bicyclic) bond motifs is 1. The van der Waals surface area contributed by atoms with Crippen LogP contribution in [-0.4, -0.2) is 42.9 Å². The molecule has 2 amide bonds. The molecule has 1 N–H and O–H groups in total. The highest BCUT2D eigenvalue weighted by Crippen LogP contribution is 2.26. The maximum absolute atomic E-state index is 13.2. The van der Waals surface area contributed by atoms with Gasteiger partial charge >= 0.3 is 0 Å². The Morgan fingerprint density at radius 2 is 1.52 bits per heavy atom. The zero-order valence-electron chi connectivity index (χ0n) is 19.0. The number of carbonyl (C=O) groups is 2. The number of rotatable bonds is 5. The van der Waals surface area contributed by atoms with Crippen LogP contribution < -0.4 is 10.2 Å². The quantitative estimate of drug-likeness (QED) is 0.629. The first-order valence-electron chi connectivity index (χ1n) is 12.1. The van der Waals surface area contributed by atoms with E-state index < -0.39 is 0 Å². The van der Waals surface area contributed by atoms with E-state index in [1.54, 1.807) is 0 Å². The molecule has 2 heterocycles. The van der Waals surface area contributed by atoms with E-state index in [0.29, 0.717) is 32.5 Å². The largest absolute Gasteiger partial charge is 0.371 e. The summed E-state index contributed by atoms with van der Waals surface area (Å²) >= 11 is 0. The van der Waals surface area contributed by atoms with Gasteiger partial charge in [-0.25, -0.2) is 0 Å². The van der Waals surface area contributed by atoms with Gasteiger partial charge in [-0.1, -0.05) is 54.6 Å². The maximum atomic E-state index is 13.2. The van der Waals surface area contributed by atoms with E-state index in [-0.39, 0.29) is 17.7 Å². The highest BCUT2D eigenvalue weighted by Gasteiger charge is 2.28. The second-order valence-corrected chi connectivity index (χ2v) is 9.13. The van der Waals surface area contributed by atoms with Crippen molar-refractivity contribution < 1.29 is 9.59 Å². The number of amides is 2. The van der Waals surface area contributed by atoms with E-state index in [0.717, 1.165) is 29.4 Å². The molecule has 0 bridgehead atoms. The molecule has 2 aliphatic rings. The Labute approximate surface area is 195 Å². The molecule has 2 saturated heterocycles. The molecule has 170 valence electrons. The fourth-order valence-corrected chi connectivity index (χ4v) is 5.18. The first-order chi connectivity index (χ1) is 16.2. The predicted molar refractivity (Wildman–Crippen MR) is 132 cm³/mol. The number of para-hydroxylation sites is 1. The third kappa shape index (κ3) is 4.58. The van der Waals surface area contributed by atoms with Gasteiger partial charge in [0.2, 0.25) is 5.91 Å². The average molecular weight is 442 g/mol. The summed E-state index contributed by atoms with van der Waals surface area (Å²) in [6.45, 7) is 3.97. The van der Waals surface area contributed by atoms with Crippen LogP contribution in [-0.2, 0) is 11.3 Å². The van der Waals surface area contributed by atoms with Crippen LogP contribution in [0.2, 0.25) is 0 Å². The van der Waals surface area contributed by atoms with E-state index in [4.69, 9.17) is 0 Å². The van der Waals surface area contributed by atoms with Crippen molar-refractivity contribution in [3.05, 3.63) is 77.9 Å². The normalized spacial score (nSPS) is 16.8. The van der Waals surface area contributed by atoms with Crippen molar-refractivity contribution in [2.24, 2.45) is 5.92 Å². The molecule has 3 aromatic carbocycles. The Kier molecular flexibility index (Phi) is 6.29. The molecule has 5 rings (SSSR count). The van der Waals surface area contributed by atoms with Crippen LogP contribution in [0, 0.1) is 5.92 Å². The van der Waals surface area contributed by atoms with E-state index in [9.17, 15) is 9.59 Å². The number of hydrogen-bond acceptors (Lipinski definition) is 3. The maximum Gasteiger partial charge on any atom is 0.254 e. The van der Waals surface area contributed by atoms with Crippen LogP contribution in [0.1, 0.15) is 41.6 Å². The minimum absolute atomic E-state index is 0.0412. The summed E-state index contributed by atoms with van der Waals surface area (Å²) in [5, 5.41) is 5.23. The molecule has 5 nitrogen and oxygen atoms in total. The molecule has 0 aliphatic carbocycles. The number of nitrogens with zero attached hydrogens (tertiary/aromatic N) is 2. The van der Waals surface area contributed by atoms with Crippen LogP contribution in [0.3, 0.4) is 0 Å². The van der Waals surface area contributed by atoms with Crippen molar-refractivity contribution in [1.82, 2.24) is 10.2 Å². The molecule has 33 heavy (non-hydrogen) atoms. The van der Waals surface area contributed by atoms with E-state index >= 15 is 0 Å². The number of benzene rings is 3. The lowest BCUT2D eigenvalue weighted by atomic mass is 9.94. The van der Waals surface area contributed by atoms with Gasteiger partial charge < -0.3 is 15.1 Å². The lowest BCUT2D eigenvalue weighted by molar-refractivity contribution is -0.126. The summed E-state index contributed by atoms with van der Waals surface area (Å²) < 4.78 is 0. The lowest BCUT2D eigenvalue weighted by Gasteiger charge is -2.32. The number of likely N-dealkylation sites (tertiary alicyclic amines) is 1. The minimum atomic E-state index is -0.0412. The fraction of sp³-hybridized carbons (Fsp3) is 0.357. The molecule has 5 heteroatoms. The van der Waals surface area contributed by atoms with Crippen LogP contribution in [0.15, 0.2) is 66.7 Å². The first-order valence-corrected chi connectivity index (χ1v) is 12.1. The molecule has 3 aromatic rings. The van der Waals surface area contributed by atoms with E-state index in [1.165, 1.54) is 24.1 Å². The highest BCUT2D eigenvalue weighted by molar-refractivity contribution is 6.07. The summed E-state index contributed by atoms with van der Waals surface area (Å²) in [5.41, 5.74) is 3.16. The molecule has 0 saturated carbocycles. The molecule has 0 aromatic heterocycles. The summed E-state index contributed by atoms with van der Waals surface area (Å²) in [4.78, 5) is 30.4. The standard InChI is InChI=1S/C28H31N3O2/c32-27(29-20-23-9-2-4-13-26(23)30-16-5-6-17-30)22-14-18-31(19-15-22)28(33)25-12-7-10-21-8-1-3-11-24(21)25/h1-4,7-13,22H,5-6,14-20H2,(H,29,32). The average Bonchev–Trinajstić information content (AvgIpc) is 3.42. The van der Waals surface area contributed by atoms with Crippen LogP contribution in [0.25, 0.3) is 10.8 Å². The van der Waals surface area contributed by atoms with Gasteiger partial charge in [0.15, 0.2) is 0 Å². The Morgan fingerprint density at radius 3 is 2.33 bits per heavy atom. The molecule has 0 radical (unpaired) electrons. The van der Waals surface area contributed by atoms with Crippen molar-refractivity contribution in [2.75, 3.05) is 31.1 Å². The number of anilines is 1. The van der Waals surface area contributed by atoms with E-state index in [1.807, 2.05) is 53.4 Å². The zero-order valence-corrected chi connectivity index (χ0v) is 19.0. The number of nitrogens with one attached hydrogen (secondary N) is 1. The predicted octanol–water partition coefficient (Wildman–Crippen LogP) is 4.61. The highest BCUT2D eigenvalue weighted by atomic mass is 16.2. The van der Waals surface area contributed by atoms with Crippen molar-refractivity contribution >= 4 is 28.3 Å². The second kappa shape index (κ2) is 9.65. The number of hydrogen-bond donors (Lipinski definition) is 1. The smallest absolute Gasteiger partial charge is 0.254 e. The van der Waals surface area contributed by atoms with Crippen LogP contribution in [0.4, 0.5) is 5.69 Å². The van der Waals surface area contributed by atoms with Crippen molar-refractivity contribution in [1.29, 1.82) is 0 Å². The third-order valence-corrected chi connectivity index (χ3v) is 7.06. The molecular formula is C28H31N3O2. The lowest BCUT2D eigenvalue weighted by Crippen LogP contribution is -2.43. The molecule has 2 fully saturated rings. The Hall–Kier alpha value is -3.34.